The lowest BCUT2D eigenvalue weighted by Gasteiger charge is -2.01. The van der Waals surface area contributed by atoms with Gasteiger partial charge in [-0.15, -0.1) is 5.10 Å². The Morgan fingerprint density at radius 3 is 3.06 bits per heavy atom. The third-order valence-electron chi connectivity index (χ3n) is 2.10. The molecular formula is C9H8N6O. The Bertz CT molecular complexity index is 613. The minimum absolute atomic E-state index is 0.184. The largest absolute Gasteiger partial charge is 0.277 e. The highest BCUT2D eigenvalue weighted by molar-refractivity contribution is 5.76. The van der Waals surface area contributed by atoms with Gasteiger partial charge >= 0.3 is 0 Å². The van der Waals surface area contributed by atoms with E-state index in [4.69, 9.17) is 5.53 Å². The Kier molecular flexibility index (Phi) is 2.79. The quantitative estimate of drug-likeness (QED) is 0.436. The summed E-state index contributed by atoms with van der Waals surface area (Å²) >= 11 is 0. The van der Waals surface area contributed by atoms with Gasteiger partial charge in [-0.3, -0.25) is 4.79 Å². The zero-order chi connectivity index (χ0) is 11.4. The minimum atomic E-state index is -0.223. The summed E-state index contributed by atoms with van der Waals surface area (Å²) in [4.78, 5) is 14.5. The summed E-state index contributed by atoms with van der Waals surface area (Å²) in [7, 11) is 0. The number of fused-ring (bicyclic) bond motifs is 1. The molecule has 7 nitrogen and oxygen atoms in total. The number of aromatic nitrogens is 3. The molecule has 2 aromatic rings. The number of benzene rings is 1. The molecule has 0 saturated carbocycles. The summed E-state index contributed by atoms with van der Waals surface area (Å²) in [6.07, 6.45) is 0. The van der Waals surface area contributed by atoms with Crippen LogP contribution in [0.1, 0.15) is 0 Å². The summed E-state index contributed by atoms with van der Waals surface area (Å²) in [5, 5.41) is 11.5. The van der Waals surface area contributed by atoms with Gasteiger partial charge in [0.2, 0.25) is 0 Å². The van der Waals surface area contributed by atoms with Crippen molar-refractivity contribution >= 4 is 10.9 Å². The molecule has 80 valence electrons. The topological polar surface area (TPSA) is 96.5 Å². The summed E-state index contributed by atoms with van der Waals surface area (Å²) in [5.41, 5.74) is 8.46. The molecule has 0 aliphatic heterocycles. The Hall–Kier alpha value is -2.40. The molecule has 0 radical (unpaired) electrons. The lowest BCUT2D eigenvalue weighted by atomic mass is 10.2. The van der Waals surface area contributed by atoms with E-state index in [1.807, 2.05) is 0 Å². The van der Waals surface area contributed by atoms with Gasteiger partial charge in [0.15, 0.2) is 0 Å². The fourth-order valence-corrected chi connectivity index (χ4v) is 1.35. The second kappa shape index (κ2) is 4.41. The molecule has 0 amide bonds. The van der Waals surface area contributed by atoms with E-state index in [0.717, 1.165) is 0 Å². The molecule has 16 heavy (non-hydrogen) atoms. The van der Waals surface area contributed by atoms with Gasteiger partial charge in [-0.2, -0.15) is 0 Å². The first-order valence-electron chi connectivity index (χ1n) is 4.66. The third kappa shape index (κ3) is 1.84. The van der Waals surface area contributed by atoms with Crippen LogP contribution in [0.2, 0.25) is 0 Å². The van der Waals surface area contributed by atoms with Crippen molar-refractivity contribution in [2.24, 2.45) is 5.11 Å². The molecule has 0 spiro atoms. The molecule has 0 N–H and O–H groups in total. The number of hydrogen-bond donors (Lipinski definition) is 0. The van der Waals surface area contributed by atoms with Crippen molar-refractivity contribution in [1.29, 1.82) is 0 Å². The first kappa shape index (κ1) is 10.1. The van der Waals surface area contributed by atoms with E-state index in [9.17, 15) is 4.79 Å². The second-order valence-corrected chi connectivity index (χ2v) is 3.09. The van der Waals surface area contributed by atoms with Crippen LogP contribution in [0, 0.1) is 0 Å². The van der Waals surface area contributed by atoms with E-state index in [0.29, 0.717) is 10.9 Å². The lowest BCUT2D eigenvalue weighted by Crippen LogP contribution is -2.25. The van der Waals surface area contributed by atoms with Crippen molar-refractivity contribution < 1.29 is 0 Å². The van der Waals surface area contributed by atoms with E-state index in [1.54, 1.807) is 24.3 Å². The van der Waals surface area contributed by atoms with Gasteiger partial charge in [0.25, 0.3) is 5.56 Å². The average molecular weight is 216 g/mol. The van der Waals surface area contributed by atoms with Crippen LogP contribution >= 0.6 is 0 Å². The van der Waals surface area contributed by atoms with Gasteiger partial charge in [0.1, 0.15) is 5.52 Å². The summed E-state index contributed by atoms with van der Waals surface area (Å²) in [6, 6.07) is 6.97. The Morgan fingerprint density at radius 1 is 1.44 bits per heavy atom. The summed E-state index contributed by atoms with van der Waals surface area (Å²) in [5.74, 6) is 0. The Morgan fingerprint density at radius 2 is 2.25 bits per heavy atom. The third-order valence-corrected chi connectivity index (χ3v) is 2.10. The van der Waals surface area contributed by atoms with Gasteiger partial charge < -0.3 is 0 Å². The van der Waals surface area contributed by atoms with Crippen LogP contribution < -0.4 is 5.56 Å². The highest BCUT2D eigenvalue weighted by Crippen LogP contribution is 2.02. The molecular weight excluding hydrogens is 208 g/mol. The van der Waals surface area contributed by atoms with E-state index < -0.39 is 0 Å². The number of azide groups is 1. The standard InChI is InChI=1S/C9H8N6O/c10-13-11-5-6-15-9(16)7-3-1-2-4-8(7)12-14-15/h1-4H,5-6H2. The molecule has 0 bridgehead atoms. The number of hydrogen-bond acceptors (Lipinski definition) is 4. The summed E-state index contributed by atoms with van der Waals surface area (Å²) < 4.78 is 1.19. The highest BCUT2D eigenvalue weighted by atomic mass is 16.1. The molecule has 0 aliphatic rings. The zero-order valence-corrected chi connectivity index (χ0v) is 8.32. The van der Waals surface area contributed by atoms with Crippen LogP contribution in [-0.2, 0) is 6.54 Å². The van der Waals surface area contributed by atoms with Gasteiger partial charge in [-0.05, 0) is 17.7 Å². The Balaban J connectivity index is 2.44. The fraction of sp³-hybridized carbons (Fsp3) is 0.222. The van der Waals surface area contributed by atoms with Crippen LogP contribution in [0.15, 0.2) is 34.2 Å². The predicted molar refractivity (Wildman–Crippen MR) is 57.8 cm³/mol. The minimum Gasteiger partial charge on any atom is -0.267 e. The molecule has 7 heteroatoms. The normalized spacial score (nSPS) is 10.0. The molecule has 2 rings (SSSR count). The molecule has 0 fully saturated rings. The van der Waals surface area contributed by atoms with Crippen molar-refractivity contribution in [3.05, 3.63) is 45.1 Å². The van der Waals surface area contributed by atoms with Gasteiger partial charge in [-0.1, -0.05) is 22.5 Å². The van der Waals surface area contributed by atoms with Crippen LogP contribution in [0.5, 0.6) is 0 Å². The molecule has 0 aliphatic carbocycles. The van der Waals surface area contributed by atoms with Gasteiger partial charge in [-0.25, -0.2) is 4.68 Å². The van der Waals surface area contributed by atoms with E-state index >= 15 is 0 Å². The second-order valence-electron chi connectivity index (χ2n) is 3.09. The van der Waals surface area contributed by atoms with Crippen molar-refractivity contribution in [1.82, 2.24) is 15.0 Å². The van der Waals surface area contributed by atoms with Crippen LogP contribution in [-0.4, -0.2) is 21.5 Å². The van der Waals surface area contributed by atoms with Crippen LogP contribution in [0.3, 0.4) is 0 Å². The fourth-order valence-electron chi connectivity index (χ4n) is 1.35. The number of nitrogens with zero attached hydrogens (tertiary/aromatic N) is 6. The van der Waals surface area contributed by atoms with Crippen molar-refractivity contribution in [3.8, 4) is 0 Å². The maximum Gasteiger partial charge on any atom is 0.277 e. The van der Waals surface area contributed by atoms with Crippen molar-refractivity contribution in [2.75, 3.05) is 6.54 Å². The molecule has 0 atom stereocenters. The average Bonchev–Trinajstić information content (AvgIpc) is 2.33. The van der Waals surface area contributed by atoms with Crippen LogP contribution in [0.4, 0.5) is 0 Å². The summed E-state index contributed by atoms with van der Waals surface area (Å²) in [6.45, 7) is 0.421. The van der Waals surface area contributed by atoms with Gasteiger partial charge in [0, 0.05) is 11.5 Å². The molecule has 0 unspecified atom stereocenters. The first-order valence-corrected chi connectivity index (χ1v) is 4.66. The molecule has 1 heterocycles. The molecule has 1 aromatic heterocycles. The van der Waals surface area contributed by atoms with E-state index in [-0.39, 0.29) is 18.6 Å². The smallest absolute Gasteiger partial charge is 0.267 e. The molecule has 0 saturated heterocycles. The SMILES string of the molecule is [N-]=[N+]=NCCn1nnc2ccccc2c1=O. The van der Waals surface area contributed by atoms with E-state index in [1.165, 1.54) is 4.68 Å². The Labute approximate surface area is 89.9 Å². The number of rotatable bonds is 3. The maximum atomic E-state index is 11.8. The van der Waals surface area contributed by atoms with E-state index in [2.05, 4.69) is 20.3 Å². The predicted octanol–water partition coefficient (Wildman–Crippen LogP) is 1.10. The maximum absolute atomic E-state index is 11.8. The van der Waals surface area contributed by atoms with Crippen LogP contribution in [0.25, 0.3) is 21.3 Å². The lowest BCUT2D eigenvalue weighted by molar-refractivity contribution is 0.557. The van der Waals surface area contributed by atoms with Crippen molar-refractivity contribution in [3.63, 3.8) is 0 Å². The molecule has 1 aromatic carbocycles. The van der Waals surface area contributed by atoms with Gasteiger partial charge in [0.05, 0.1) is 11.9 Å². The highest BCUT2D eigenvalue weighted by Gasteiger charge is 2.03. The zero-order valence-electron chi connectivity index (χ0n) is 8.32. The first-order chi connectivity index (χ1) is 7.83. The van der Waals surface area contributed by atoms with Crippen molar-refractivity contribution in [2.45, 2.75) is 6.54 Å². The monoisotopic (exact) mass is 216 g/mol.